The van der Waals surface area contributed by atoms with Gasteiger partial charge in [0, 0.05) is 13.2 Å². The summed E-state index contributed by atoms with van der Waals surface area (Å²) in [7, 11) is 1.80. The van der Waals surface area contributed by atoms with Crippen LogP contribution in [0.1, 0.15) is 17.6 Å². The molecular weight excluding hydrogens is 328 g/mol. The molecule has 80 valence electrons. The molecule has 0 amide bonds. The molecule has 1 N–H and O–H groups in total. The highest BCUT2D eigenvalue weighted by molar-refractivity contribution is 9.13. The highest BCUT2D eigenvalue weighted by Crippen LogP contribution is 2.31. The summed E-state index contributed by atoms with van der Waals surface area (Å²) in [5.74, 6) is 0.451. The van der Waals surface area contributed by atoms with E-state index in [0.29, 0.717) is 16.1 Å². The van der Waals surface area contributed by atoms with Crippen molar-refractivity contribution in [1.29, 1.82) is 0 Å². The first-order valence-electron chi connectivity index (χ1n) is 4.20. The first kappa shape index (κ1) is 10.9. The SMILES string of the molecule is Cn1ccc(C(O)c2cc(Br)c(Br)o2)n1. The number of aliphatic hydroxyl groups excluding tert-OH is 1. The smallest absolute Gasteiger partial charge is 0.183 e. The molecule has 6 heteroatoms. The van der Waals surface area contributed by atoms with Crippen molar-refractivity contribution in [3.05, 3.63) is 38.9 Å². The largest absolute Gasteiger partial charge is 0.450 e. The zero-order valence-corrected chi connectivity index (χ0v) is 11.0. The molecule has 0 aromatic carbocycles. The van der Waals surface area contributed by atoms with Crippen LogP contribution in [0.25, 0.3) is 0 Å². The maximum absolute atomic E-state index is 9.93. The molecule has 1 unspecified atom stereocenters. The normalized spacial score (nSPS) is 13.1. The number of aliphatic hydroxyl groups is 1. The van der Waals surface area contributed by atoms with Crippen molar-refractivity contribution in [2.75, 3.05) is 0 Å². The minimum atomic E-state index is -0.839. The van der Waals surface area contributed by atoms with Crippen molar-refractivity contribution in [2.45, 2.75) is 6.10 Å². The van der Waals surface area contributed by atoms with Crippen molar-refractivity contribution in [3.8, 4) is 0 Å². The summed E-state index contributed by atoms with van der Waals surface area (Å²) in [5.41, 5.74) is 0.561. The molecule has 0 saturated heterocycles. The summed E-state index contributed by atoms with van der Waals surface area (Å²) >= 11 is 6.50. The van der Waals surface area contributed by atoms with Crippen LogP contribution in [0, 0.1) is 0 Å². The van der Waals surface area contributed by atoms with Crippen LogP contribution >= 0.6 is 31.9 Å². The van der Waals surface area contributed by atoms with E-state index in [1.165, 1.54) is 0 Å². The molecule has 2 rings (SSSR count). The zero-order chi connectivity index (χ0) is 11.0. The van der Waals surface area contributed by atoms with Gasteiger partial charge in [0.1, 0.15) is 5.76 Å². The number of aryl methyl sites for hydroxylation is 1. The summed E-state index contributed by atoms with van der Waals surface area (Å²) < 4.78 is 8.27. The van der Waals surface area contributed by atoms with Crippen molar-refractivity contribution in [1.82, 2.24) is 9.78 Å². The zero-order valence-electron chi connectivity index (χ0n) is 7.82. The fraction of sp³-hybridized carbons (Fsp3) is 0.222. The van der Waals surface area contributed by atoms with Crippen LogP contribution < -0.4 is 0 Å². The Hall–Kier alpha value is -0.590. The Bertz CT molecular complexity index is 459. The fourth-order valence-electron chi connectivity index (χ4n) is 1.22. The summed E-state index contributed by atoms with van der Waals surface area (Å²) in [4.78, 5) is 0. The lowest BCUT2D eigenvalue weighted by Gasteiger charge is -2.02. The monoisotopic (exact) mass is 334 g/mol. The second-order valence-corrected chi connectivity index (χ2v) is 4.66. The number of halogens is 2. The van der Waals surface area contributed by atoms with E-state index in [9.17, 15) is 5.11 Å². The molecule has 0 spiro atoms. The van der Waals surface area contributed by atoms with E-state index >= 15 is 0 Å². The molecule has 0 radical (unpaired) electrons. The molecule has 0 bridgehead atoms. The van der Waals surface area contributed by atoms with E-state index < -0.39 is 6.10 Å². The number of hydrogen-bond acceptors (Lipinski definition) is 3. The van der Waals surface area contributed by atoms with Gasteiger partial charge in [-0.15, -0.1) is 0 Å². The number of hydrogen-bond donors (Lipinski definition) is 1. The Morgan fingerprint density at radius 3 is 2.73 bits per heavy atom. The highest BCUT2D eigenvalue weighted by Gasteiger charge is 2.18. The quantitative estimate of drug-likeness (QED) is 0.917. The van der Waals surface area contributed by atoms with Crippen LogP contribution in [0.2, 0.25) is 0 Å². The maximum atomic E-state index is 9.93. The Labute approximate surface area is 103 Å². The predicted molar refractivity (Wildman–Crippen MR) is 61.4 cm³/mol. The summed E-state index contributed by atoms with van der Waals surface area (Å²) in [5, 5.41) is 14.0. The minimum Gasteiger partial charge on any atom is -0.450 e. The molecule has 1 atom stereocenters. The summed E-state index contributed by atoms with van der Waals surface area (Å²) in [6.45, 7) is 0. The molecular formula is C9H8Br2N2O2. The summed E-state index contributed by atoms with van der Waals surface area (Å²) in [6.07, 6.45) is 0.930. The van der Waals surface area contributed by atoms with Gasteiger partial charge >= 0.3 is 0 Å². The van der Waals surface area contributed by atoms with E-state index in [1.54, 1.807) is 30.1 Å². The molecule has 4 nitrogen and oxygen atoms in total. The van der Waals surface area contributed by atoms with Gasteiger partial charge in [0.2, 0.25) is 0 Å². The van der Waals surface area contributed by atoms with E-state index in [-0.39, 0.29) is 0 Å². The van der Waals surface area contributed by atoms with E-state index in [1.807, 2.05) is 0 Å². The van der Waals surface area contributed by atoms with Gasteiger partial charge in [0.25, 0.3) is 0 Å². The Balaban J connectivity index is 2.31. The molecule has 2 aromatic rings. The van der Waals surface area contributed by atoms with Gasteiger partial charge in [0.15, 0.2) is 10.8 Å². The lowest BCUT2D eigenvalue weighted by atomic mass is 10.2. The highest BCUT2D eigenvalue weighted by atomic mass is 79.9. The van der Waals surface area contributed by atoms with Crippen LogP contribution in [0.15, 0.2) is 31.9 Å². The molecule has 0 aliphatic rings. The molecule has 15 heavy (non-hydrogen) atoms. The molecule has 0 fully saturated rings. The molecule has 0 saturated carbocycles. The van der Waals surface area contributed by atoms with E-state index in [0.717, 1.165) is 4.47 Å². The van der Waals surface area contributed by atoms with E-state index in [4.69, 9.17) is 4.42 Å². The Kier molecular flexibility index (Phi) is 2.99. The van der Waals surface area contributed by atoms with Gasteiger partial charge in [0.05, 0.1) is 10.2 Å². The Morgan fingerprint density at radius 1 is 1.53 bits per heavy atom. The van der Waals surface area contributed by atoms with Crippen molar-refractivity contribution < 1.29 is 9.52 Å². The number of furan rings is 1. The third-order valence-corrected chi connectivity index (χ3v) is 3.66. The second-order valence-electron chi connectivity index (χ2n) is 3.09. The van der Waals surface area contributed by atoms with Crippen molar-refractivity contribution in [2.24, 2.45) is 7.05 Å². The summed E-state index contributed by atoms with van der Waals surface area (Å²) in [6, 6.07) is 3.46. The molecule has 2 heterocycles. The van der Waals surface area contributed by atoms with Crippen molar-refractivity contribution in [3.63, 3.8) is 0 Å². The van der Waals surface area contributed by atoms with Crippen LogP contribution in [0.4, 0.5) is 0 Å². The number of nitrogens with zero attached hydrogens (tertiary/aromatic N) is 2. The predicted octanol–water partition coefficient (Wildman–Crippen LogP) is 2.62. The first-order chi connectivity index (χ1) is 7.08. The lowest BCUT2D eigenvalue weighted by molar-refractivity contribution is 0.182. The number of rotatable bonds is 2. The van der Waals surface area contributed by atoms with Gasteiger partial charge in [-0.2, -0.15) is 5.10 Å². The van der Waals surface area contributed by atoms with Gasteiger partial charge in [-0.1, -0.05) is 0 Å². The van der Waals surface area contributed by atoms with Crippen LogP contribution in [-0.2, 0) is 7.05 Å². The Morgan fingerprint density at radius 2 is 2.27 bits per heavy atom. The molecule has 0 aliphatic heterocycles. The maximum Gasteiger partial charge on any atom is 0.183 e. The van der Waals surface area contributed by atoms with E-state index in [2.05, 4.69) is 37.0 Å². The standard InChI is InChI=1S/C9H8Br2N2O2/c1-13-3-2-6(12-13)8(14)7-4-5(10)9(11)15-7/h2-4,8,14H,1H3. The van der Waals surface area contributed by atoms with Gasteiger partial charge < -0.3 is 9.52 Å². The van der Waals surface area contributed by atoms with Crippen LogP contribution in [0.3, 0.4) is 0 Å². The average molecular weight is 336 g/mol. The van der Waals surface area contributed by atoms with Gasteiger partial charge in [-0.3, -0.25) is 4.68 Å². The average Bonchev–Trinajstić information content (AvgIpc) is 2.74. The second kappa shape index (κ2) is 4.11. The van der Waals surface area contributed by atoms with Crippen LogP contribution in [0.5, 0.6) is 0 Å². The fourth-order valence-corrected chi connectivity index (χ4v) is 1.83. The lowest BCUT2D eigenvalue weighted by Crippen LogP contribution is -2.00. The minimum absolute atomic E-state index is 0.451. The van der Waals surface area contributed by atoms with Crippen molar-refractivity contribution >= 4 is 31.9 Å². The third kappa shape index (κ3) is 2.16. The van der Waals surface area contributed by atoms with Crippen LogP contribution in [-0.4, -0.2) is 14.9 Å². The molecule has 0 aliphatic carbocycles. The molecule has 2 aromatic heterocycles. The topological polar surface area (TPSA) is 51.2 Å². The first-order valence-corrected chi connectivity index (χ1v) is 5.79. The third-order valence-electron chi connectivity index (χ3n) is 1.95. The van der Waals surface area contributed by atoms with Gasteiger partial charge in [-0.05, 0) is 44.0 Å². The number of aromatic nitrogens is 2. The van der Waals surface area contributed by atoms with Gasteiger partial charge in [-0.25, -0.2) is 0 Å².